The maximum Gasteiger partial charge on any atom is 0.336 e. The largest absolute Gasteiger partial charge is 0.478 e. The van der Waals surface area contributed by atoms with Crippen molar-refractivity contribution in [2.75, 3.05) is 36.2 Å². The Morgan fingerprint density at radius 2 is 0.655 bits per heavy atom. The predicted molar refractivity (Wildman–Crippen MR) is 254 cm³/mol. The van der Waals surface area contributed by atoms with Crippen molar-refractivity contribution in [1.29, 1.82) is 0 Å². The maximum atomic E-state index is 12.3. The average molecular weight is 851 g/mol. The van der Waals surface area contributed by atoms with E-state index in [4.69, 9.17) is 10.2 Å². The van der Waals surface area contributed by atoms with Gasteiger partial charge in [-0.15, -0.1) is 0 Å². The summed E-state index contributed by atoms with van der Waals surface area (Å²) < 4.78 is 0. The van der Waals surface area contributed by atoms with Gasteiger partial charge in [-0.3, -0.25) is 0 Å². The summed E-state index contributed by atoms with van der Waals surface area (Å²) in [5.41, 5.74) is 1.67. The molecule has 0 heterocycles. The summed E-state index contributed by atoms with van der Waals surface area (Å²) in [5, 5.41) is 37.5. The lowest BCUT2D eigenvalue weighted by atomic mass is 9.91. The van der Waals surface area contributed by atoms with E-state index >= 15 is 0 Å². The number of thioether (sulfide) groups is 2. The number of unbranched alkanes of at least 4 members (excludes halogenated alkanes) is 30. The van der Waals surface area contributed by atoms with Gasteiger partial charge < -0.3 is 20.4 Å². The summed E-state index contributed by atoms with van der Waals surface area (Å²) in [6, 6.07) is 3.38. The topological polar surface area (TPSA) is 115 Å². The van der Waals surface area contributed by atoms with E-state index in [0.29, 0.717) is 19.6 Å². The van der Waals surface area contributed by atoms with Crippen LogP contribution in [0.25, 0.3) is 0 Å². The maximum absolute atomic E-state index is 12.3. The Balaban J connectivity index is 2.13. The highest BCUT2D eigenvalue weighted by atomic mass is 32.2. The predicted octanol–water partition coefficient (Wildman–Crippen LogP) is 14.9. The van der Waals surface area contributed by atoms with E-state index in [-0.39, 0.29) is 11.1 Å². The average Bonchev–Trinajstić information content (AvgIpc) is 3.21. The number of aliphatic hydroxyl groups is 2. The minimum atomic E-state index is -1.16. The normalized spacial score (nSPS) is 11.5. The Morgan fingerprint density at radius 1 is 0.362 bits per heavy atom. The molecule has 6 nitrogen and oxygen atoms in total. The van der Waals surface area contributed by atoms with E-state index in [1.807, 2.05) is 29.6 Å². The summed E-state index contributed by atoms with van der Waals surface area (Å²) in [4.78, 5) is 24.2. The second-order valence-electron chi connectivity index (χ2n) is 16.9. The highest BCUT2D eigenvalue weighted by Gasteiger charge is 2.22. The van der Waals surface area contributed by atoms with E-state index in [1.54, 1.807) is 0 Å². The first-order valence-electron chi connectivity index (χ1n) is 24.5. The summed E-state index contributed by atoms with van der Waals surface area (Å²) in [6.07, 6.45) is 45.2. The van der Waals surface area contributed by atoms with Crippen LogP contribution in [0.4, 0.5) is 0 Å². The van der Waals surface area contributed by atoms with Gasteiger partial charge in [0.1, 0.15) is 0 Å². The smallest absolute Gasteiger partial charge is 0.336 e. The third kappa shape index (κ3) is 32.5. The zero-order chi connectivity index (χ0) is 42.0. The number of rotatable bonds is 46. The Bertz CT molecular complexity index is 1080. The number of hydrogen-bond donors (Lipinski definition) is 4. The van der Waals surface area contributed by atoms with E-state index in [1.165, 1.54) is 204 Å². The number of aliphatic hydroxyl groups excluding tert-OH is 2. The number of carboxylic acid groups (broad SMARTS) is 2. The molecule has 0 radical (unpaired) electrons. The van der Waals surface area contributed by atoms with Crippen LogP contribution in [0.15, 0.2) is 12.1 Å². The second-order valence-corrected chi connectivity index (χ2v) is 19.4. The van der Waals surface area contributed by atoms with Crippen LogP contribution in [-0.4, -0.2) is 68.6 Å². The number of aryl methyl sites for hydroxylation is 1. The monoisotopic (exact) mass is 851 g/mol. The molecule has 0 aliphatic carbocycles. The van der Waals surface area contributed by atoms with Gasteiger partial charge in [-0.2, -0.15) is 23.5 Å². The van der Waals surface area contributed by atoms with Crippen LogP contribution in [0.2, 0.25) is 0 Å². The summed E-state index contributed by atoms with van der Waals surface area (Å²) in [5.74, 6) is 2.06. The summed E-state index contributed by atoms with van der Waals surface area (Å²) in [6.45, 7) is 0.682. The van der Waals surface area contributed by atoms with Gasteiger partial charge in [-0.05, 0) is 91.6 Å². The lowest BCUT2D eigenvalue weighted by Gasteiger charge is -2.15. The lowest BCUT2D eigenvalue weighted by molar-refractivity contribution is 0.0650. The standard InChI is InChI=1S/C50H90O6S2/c51-39-29-25-21-17-13-9-5-1-3-7-11-15-19-23-27-31-41-57-43-33-35-45-37-38-47(49(53)54)48(50(55)56)46(45)36-34-44-58-42-32-28-24-20-16-12-8-4-2-6-10-14-18-22-26-30-40-52/h37-38,51-52H,1-36,39-44H2,(H,53,54)(H,55,56). The fourth-order valence-electron chi connectivity index (χ4n) is 8.13. The quantitative estimate of drug-likeness (QED) is 0.0480. The van der Waals surface area contributed by atoms with Crippen LogP contribution < -0.4 is 0 Å². The number of benzene rings is 1. The molecule has 0 aliphatic rings. The fourth-order valence-corrected chi connectivity index (χ4v) is 10.1. The van der Waals surface area contributed by atoms with E-state index in [2.05, 4.69) is 0 Å². The molecule has 0 amide bonds. The molecule has 0 fully saturated rings. The minimum Gasteiger partial charge on any atom is -0.478 e. The molecule has 0 saturated carbocycles. The third-order valence-electron chi connectivity index (χ3n) is 11.7. The molecule has 0 saturated heterocycles. The van der Waals surface area contributed by atoms with Gasteiger partial charge in [-0.25, -0.2) is 9.59 Å². The molecule has 8 heteroatoms. The van der Waals surface area contributed by atoms with Gasteiger partial charge in [-0.1, -0.05) is 186 Å². The minimum absolute atomic E-state index is 0.000939. The molecular weight excluding hydrogens is 761 g/mol. The number of carbonyl (C=O) groups is 2. The van der Waals surface area contributed by atoms with Crippen molar-refractivity contribution in [3.8, 4) is 0 Å². The van der Waals surface area contributed by atoms with Gasteiger partial charge in [0.15, 0.2) is 0 Å². The molecule has 338 valence electrons. The molecule has 1 rings (SSSR count). The van der Waals surface area contributed by atoms with Crippen molar-refractivity contribution >= 4 is 35.5 Å². The van der Waals surface area contributed by atoms with Gasteiger partial charge in [0.05, 0.1) is 11.1 Å². The molecule has 1 aromatic rings. The molecule has 58 heavy (non-hydrogen) atoms. The van der Waals surface area contributed by atoms with Crippen molar-refractivity contribution in [1.82, 2.24) is 0 Å². The van der Waals surface area contributed by atoms with E-state index in [0.717, 1.165) is 60.5 Å². The van der Waals surface area contributed by atoms with Gasteiger partial charge >= 0.3 is 11.9 Å². The van der Waals surface area contributed by atoms with Gasteiger partial charge in [0, 0.05) is 13.2 Å². The van der Waals surface area contributed by atoms with Crippen molar-refractivity contribution in [2.45, 2.75) is 231 Å². The van der Waals surface area contributed by atoms with Crippen LogP contribution in [0.1, 0.15) is 250 Å². The number of carboxylic acids is 2. The highest BCUT2D eigenvalue weighted by molar-refractivity contribution is 7.99. The molecule has 1 aromatic carbocycles. The van der Waals surface area contributed by atoms with E-state index in [9.17, 15) is 19.8 Å². The molecule has 4 N–H and O–H groups in total. The zero-order valence-electron chi connectivity index (χ0n) is 37.3. The zero-order valence-corrected chi connectivity index (χ0v) is 38.9. The highest BCUT2D eigenvalue weighted by Crippen LogP contribution is 2.25. The third-order valence-corrected chi connectivity index (χ3v) is 14.0. The molecular formula is C50H90O6S2. The Kier molecular flexibility index (Phi) is 40.1. The van der Waals surface area contributed by atoms with E-state index < -0.39 is 11.9 Å². The van der Waals surface area contributed by atoms with Crippen LogP contribution in [0.3, 0.4) is 0 Å². The van der Waals surface area contributed by atoms with Crippen LogP contribution in [0.5, 0.6) is 0 Å². The van der Waals surface area contributed by atoms with Crippen molar-refractivity contribution in [3.05, 3.63) is 34.4 Å². The molecule has 0 aromatic heterocycles. The van der Waals surface area contributed by atoms with Gasteiger partial charge in [0.25, 0.3) is 0 Å². The number of hydrogen-bond acceptors (Lipinski definition) is 6. The molecule has 0 unspecified atom stereocenters. The number of aromatic carboxylic acids is 2. The fraction of sp³-hybridized carbons (Fsp3) is 0.840. The molecule has 0 atom stereocenters. The van der Waals surface area contributed by atoms with Crippen LogP contribution in [0, 0.1) is 0 Å². The Hall–Kier alpha value is -1.22. The van der Waals surface area contributed by atoms with Crippen molar-refractivity contribution < 1.29 is 30.0 Å². The molecule has 0 bridgehead atoms. The van der Waals surface area contributed by atoms with Crippen LogP contribution in [-0.2, 0) is 12.8 Å². The van der Waals surface area contributed by atoms with Crippen molar-refractivity contribution in [3.63, 3.8) is 0 Å². The SMILES string of the molecule is O=C(O)c1ccc(CCCSCCCCCCCCCCCCCCCCCCO)c(CCCSCCCCCCCCCCCCCCCCCCO)c1C(=O)O. The van der Waals surface area contributed by atoms with Gasteiger partial charge in [0.2, 0.25) is 0 Å². The molecule has 0 aliphatic heterocycles. The second kappa shape index (κ2) is 42.5. The summed E-state index contributed by atoms with van der Waals surface area (Å²) >= 11 is 3.95. The van der Waals surface area contributed by atoms with Crippen molar-refractivity contribution in [2.24, 2.45) is 0 Å². The first-order chi connectivity index (χ1) is 28.5. The lowest BCUT2D eigenvalue weighted by Crippen LogP contribution is -2.14. The Morgan fingerprint density at radius 3 is 0.966 bits per heavy atom. The first kappa shape index (κ1) is 54.8. The van der Waals surface area contributed by atoms with Crippen LogP contribution >= 0.6 is 23.5 Å². The Labute approximate surface area is 365 Å². The molecule has 0 spiro atoms. The first-order valence-corrected chi connectivity index (χ1v) is 26.8. The summed E-state index contributed by atoms with van der Waals surface area (Å²) in [7, 11) is 0.